The molecule has 2 bridgehead atoms. The van der Waals surface area contributed by atoms with Gasteiger partial charge in [0.2, 0.25) is 0 Å². The number of halogens is 1. The SMILES string of the molecule is CCNC(=O)O[C@H]1C[C@H]2OC[C@@]2(OC(C)=O)C2[C@H](OC(=O)c3ccc(F)cc3)[C@]3(O)C[C@H](OC(=O)[C@H](OCCS)[C@@H](NC(=O)c4ccccc4)c4ccccc4)C(C)=C([C@@H](OC(=O)CC)C(=O)[C@@]21C)C3(C)C. The number of hydrogen-bond acceptors (Lipinski definition) is 16. The number of thiol groups is 1. The summed E-state index contributed by atoms with van der Waals surface area (Å²) in [5.41, 5.74) is -7.60. The Morgan fingerprint density at radius 3 is 2.12 bits per heavy atom. The Balaban J connectivity index is 1.46. The molecule has 1 saturated heterocycles. The van der Waals surface area contributed by atoms with Crippen molar-refractivity contribution in [3.05, 3.63) is 119 Å². The summed E-state index contributed by atoms with van der Waals surface area (Å²) in [6.45, 7) is 9.98. The van der Waals surface area contributed by atoms with Crippen molar-refractivity contribution in [2.45, 2.75) is 122 Å². The Bertz CT molecular complexity index is 2580. The number of hydrogen-bond donors (Lipinski definition) is 4. The molecule has 2 amide bonds. The zero-order chi connectivity index (χ0) is 52.3. The molecule has 0 aromatic heterocycles. The van der Waals surface area contributed by atoms with E-state index in [1.54, 1.807) is 88.4 Å². The van der Waals surface area contributed by atoms with Crippen molar-refractivity contribution < 1.29 is 76.2 Å². The summed E-state index contributed by atoms with van der Waals surface area (Å²) < 4.78 is 57.9. The van der Waals surface area contributed by atoms with Gasteiger partial charge in [-0.3, -0.25) is 19.2 Å². The first-order chi connectivity index (χ1) is 34.2. The van der Waals surface area contributed by atoms with Crippen LogP contribution in [0.15, 0.2) is 96.1 Å². The van der Waals surface area contributed by atoms with E-state index in [-0.39, 0.29) is 60.6 Å². The summed E-state index contributed by atoms with van der Waals surface area (Å²) in [7, 11) is 0. The number of ether oxygens (including phenoxy) is 7. The second-order valence-electron chi connectivity index (χ2n) is 19.2. The lowest BCUT2D eigenvalue weighted by Crippen LogP contribution is -2.82. The molecular formula is C53H61FN2O15S. The van der Waals surface area contributed by atoms with E-state index in [1.807, 2.05) is 0 Å². The van der Waals surface area contributed by atoms with Gasteiger partial charge in [-0.1, -0.05) is 69.3 Å². The van der Waals surface area contributed by atoms with Crippen LogP contribution in [0.2, 0.25) is 0 Å². The molecule has 1 heterocycles. The van der Waals surface area contributed by atoms with Crippen LogP contribution in [0, 0.1) is 22.6 Å². The number of rotatable bonds is 16. The molecule has 3 aliphatic carbocycles. The number of Topliss-reactive ketones (excluding diaryl/α,β-unsaturated/α-hetero) is 1. The van der Waals surface area contributed by atoms with Gasteiger partial charge in [-0.05, 0) is 73.9 Å². The van der Waals surface area contributed by atoms with Crippen molar-refractivity contribution in [2.24, 2.45) is 16.7 Å². The Morgan fingerprint density at radius 1 is 0.889 bits per heavy atom. The van der Waals surface area contributed by atoms with E-state index in [1.165, 1.54) is 13.8 Å². The van der Waals surface area contributed by atoms with Gasteiger partial charge in [-0.15, -0.1) is 0 Å². The van der Waals surface area contributed by atoms with Crippen molar-refractivity contribution in [1.29, 1.82) is 0 Å². The third kappa shape index (κ3) is 9.87. The molecule has 17 nitrogen and oxygen atoms in total. The number of alkyl carbamates (subject to hydrolysis) is 1. The monoisotopic (exact) mass is 1020 g/mol. The maximum atomic E-state index is 16.2. The fraction of sp³-hybridized carbons (Fsp3) is 0.491. The van der Waals surface area contributed by atoms with Gasteiger partial charge in [0, 0.05) is 49.5 Å². The number of nitrogens with one attached hydrogen (secondary N) is 2. The average Bonchev–Trinajstić information content (AvgIpc) is 3.34. The highest BCUT2D eigenvalue weighted by Crippen LogP contribution is 2.65. The van der Waals surface area contributed by atoms with E-state index in [2.05, 4.69) is 23.3 Å². The van der Waals surface area contributed by atoms with Crippen molar-refractivity contribution >= 4 is 54.3 Å². The zero-order valence-electron chi connectivity index (χ0n) is 41.1. The van der Waals surface area contributed by atoms with Crippen LogP contribution in [0.4, 0.5) is 9.18 Å². The molecule has 72 heavy (non-hydrogen) atoms. The van der Waals surface area contributed by atoms with Crippen LogP contribution in [0.1, 0.15) is 100 Å². The first kappa shape index (κ1) is 53.6. The predicted octanol–water partition coefficient (Wildman–Crippen LogP) is 5.97. The van der Waals surface area contributed by atoms with Gasteiger partial charge in [0.1, 0.15) is 35.8 Å². The maximum absolute atomic E-state index is 16.2. The summed E-state index contributed by atoms with van der Waals surface area (Å²) in [5.74, 6) is -7.44. The number of carbonyl (C=O) groups excluding carboxylic acids is 7. The highest BCUT2D eigenvalue weighted by atomic mass is 32.1. The summed E-state index contributed by atoms with van der Waals surface area (Å²) in [6.07, 6.45) is -11.5. The van der Waals surface area contributed by atoms with Crippen LogP contribution < -0.4 is 10.6 Å². The van der Waals surface area contributed by atoms with Crippen LogP contribution in [-0.4, -0.2) is 120 Å². The molecule has 3 aromatic carbocycles. The molecule has 11 atom stereocenters. The highest BCUT2D eigenvalue weighted by molar-refractivity contribution is 7.80. The molecule has 3 aromatic rings. The second kappa shape index (κ2) is 21.5. The van der Waals surface area contributed by atoms with Crippen LogP contribution in [0.25, 0.3) is 0 Å². The molecule has 19 heteroatoms. The first-order valence-corrected chi connectivity index (χ1v) is 24.5. The lowest BCUT2D eigenvalue weighted by molar-refractivity contribution is -0.345. The lowest BCUT2D eigenvalue weighted by atomic mass is 9.44. The largest absolute Gasteiger partial charge is 0.456 e. The summed E-state index contributed by atoms with van der Waals surface area (Å²) in [4.78, 5) is 100. The molecule has 3 fully saturated rings. The maximum Gasteiger partial charge on any atom is 0.407 e. The van der Waals surface area contributed by atoms with Gasteiger partial charge < -0.3 is 48.9 Å². The van der Waals surface area contributed by atoms with Gasteiger partial charge in [-0.2, -0.15) is 12.6 Å². The minimum Gasteiger partial charge on any atom is -0.456 e. The number of ketones is 1. The van der Waals surface area contributed by atoms with Crippen molar-refractivity contribution in [3.8, 4) is 0 Å². The molecule has 3 N–H and O–H groups in total. The minimum absolute atomic E-state index is 0.0292. The number of benzene rings is 3. The fourth-order valence-corrected chi connectivity index (χ4v) is 11.1. The molecule has 1 aliphatic heterocycles. The van der Waals surface area contributed by atoms with E-state index in [9.17, 15) is 33.5 Å². The smallest absolute Gasteiger partial charge is 0.407 e. The predicted molar refractivity (Wildman–Crippen MR) is 258 cm³/mol. The second-order valence-corrected chi connectivity index (χ2v) is 19.7. The topological polar surface area (TPSA) is 228 Å². The van der Waals surface area contributed by atoms with Crippen LogP contribution in [-0.2, 0) is 52.3 Å². The standard InChI is InChI=1S/C53H61FN2O15S/c1-8-38(58)69-41-39-29(3)35(67-48(62)42(65-24-25-72)40(31-16-12-10-13-17-31)56-46(60)32-18-14-11-15-19-32)27-53(64,50(39,5)6)45(70-47(61)33-20-22-34(54)23-21-33)43-51(7,44(41)59)36(68-49(63)55-9-2)26-37-52(43,28-66-37)71-30(4)57/h10-23,35-37,40-43,45,64,72H,8-9,24-28H2,1-7H3,(H,55,63)(H,56,60)/t35-,36-,37+,40-,41+,42+,43?,45-,51+,52-,53+/m0/s1. The number of fused-ring (bicyclic) bond motifs is 5. The van der Waals surface area contributed by atoms with Gasteiger partial charge in [0.05, 0.1) is 36.2 Å². The van der Waals surface area contributed by atoms with Crippen molar-refractivity contribution in [1.82, 2.24) is 10.6 Å². The third-order valence-corrected chi connectivity index (χ3v) is 14.9. The van der Waals surface area contributed by atoms with Crippen molar-refractivity contribution in [2.75, 3.05) is 25.5 Å². The molecule has 0 spiro atoms. The summed E-state index contributed by atoms with van der Waals surface area (Å²) in [6, 6.07) is 20.1. The first-order valence-electron chi connectivity index (χ1n) is 23.9. The number of esters is 4. The molecule has 0 radical (unpaired) electrons. The number of aliphatic hydroxyl groups is 1. The molecule has 7 rings (SSSR count). The van der Waals surface area contributed by atoms with E-state index in [0.29, 0.717) is 5.56 Å². The Labute approximate surface area is 422 Å². The number of amides is 2. The average molecular weight is 1020 g/mol. The molecule has 4 aliphatic rings. The van der Waals surface area contributed by atoms with Gasteiger partial charge in [0.25, 0.3) is 5.91 Å². The van der Waals surface area contributed by atoms with E-state index in [4.69, 9.17) is 33.2 Å². The third-order valence-electron chi connectivity index (χ3n) is 14.7. The van der Waals surface area contributed by atoms with E-state index >= 15 is 9.59 Å². The zero-order valence-corrected chi connectivity index (χ0v) is 42.0. The van der Waals surface area contributed by atoms with Gasteiger partial charge in [0.15, 0.2) is 23.6 Å². The highest BCUT2D eigenvalue weighted by Gasteiger charge is 2.79. The molecule has 1 unspecified atom stereocenters. The molecule has 386 valence electrons. The number of carbonyl (C=O) groups is 7. The lowest BCUT2D eigenvalue weighted by Gasteiger charge is -2.67. The van der Waals surface area contributed by atoms with Gasteiger partial charge >= 0.3 is 30.0 Å². The fourth-order valence-electron chi connectivity index (χ4n) is 11.0. The van der Waals surface area contributed by atoms with E-state index < -0.39 is 125 Å². The van der Waals surface area contributed by atoms with Crippen molar-refractivity contribution in [3.63, 3.8) is 0 Å². The van der Waals surface area contributed by atoms with Gasteiger partial charge in [-0.25, -0.2) is 18.8 Å². The normalized spacial score (nSPS) is 28.9. The Kier molecular flexibility index (Phi) is 16.0. The van der Waals surface area contributed by atoms with Crippen LogP contribution in [0.5, 0.6) is 0 Å². The summed E-state index contributed by atoms with van der Waals surface area (Å²) in [5, 5.41) is 19.6. The quantitative estimate of drug-likeness (QED) is 0.0561. The van der Waals surface area contributed by atoms with Crippen LogP contribution >= 0.6 is 12.6 Å². The van der Waals surface area contributed by atoms with Crippen LogP contribution in [0.3, 0.4) is 0 Å². The Hall–Kier alpha value is -6.15. The summed E-state index contributed by atoms with van der Waals surface area (Å²) >= 11 is 4.32. The van der Waals surface area contributed by atoms with E-state index in [0.717, 1.165) is 31.2 Å². The minimum atomic E-state index is -2.51. The molecule has 2 saturated carbocycles. The molecular weight excluding hydrogens is 956 g/mol. The Morgan fingerprint density at radius 2 is 1.54 bits per heavy atom.